The van der Waals surface area contributed by atoms with Crippen molar-refractivity contribution in [2.24, 2.45) is 0 Å². The van der Waals surface area contributed by atoms with Crippen molar-refractivity contribution in [1.82, 2.24) is 0 Å². The van der Waals surface area contributed by atoms with Crippen molar-refractivity contribution < 1.29 is 13.7 Å². The number of nitrogens with one attached hydrogen (secondary N) is 1. The summed E-state index contributed by atoms with van der Waals surface area (Å²) < 4.78 is 26.7. The van der Waals surface area contributed by atoms with Crippen LogP contribution in [0.1, 0.15) is 11.1 Å². The molecule has 0 saturated heterocycles. The van der Waals surface area contributed by atoms with Crippen LogP contribution in [0.4, 0.5) is 20.2 Å². The fraction of sp³-hybridized carbons (Fsp3) is 0.0714. The molecular formula is C14H9F2N3O2. The molecule has 0 aliphatic rings. The van der Waals surface area contributed by atoms with E-state index in [-0.39, 0.29) is 23.5 Å². The second kappa shape index (κ2) is 5.96. The molecule has 0 heterocycles. The largest absolute Gasteiger partial charge is 0.378 e. The van der Waals surface area contributed by atoms with Gasteiger partial charge in [-0.2, -0.15) is 5.26 Å². The third-order valence-corrected chi connectivity index (χ3v) is 2.79. The van der Waals surface area contributed by atoms with Crippen LogP contribution in [0.25, 0.3) is 0 Å². The van der Waals surface area contributed by atoms with Gasteiger partial charge in [-0.3, -0.25) is 10.1 Å². The third-order valence-electron chi connectivity index (χ3n) is 2.79. The van der Waals surface area contributed by atoms with E-state index in [0.717, 1.165) is 24.3 Å². The van der Waals surface area contributed by atoms with Crippen LogP contribution in [-0.4, -0.2) is 4.92 Å². The van der Waals surface area contributed by atoms with Crippen molar-refractivity contribution in [1.29, 1.82) is 5.26 Å². The zero-order valence-corrected chi connectivity index (χ0v) is 10.6. The van der Waals surface area contributed by atoms with Crippen molar-refractivity contribution in [2.75, 3.05) is 5.32 Å². The van der Waals surface area contributed by atoms with Crippen molar-refractivity contribution in [3.63, 3.8) is 0 Å². The summed E-state index contributed by atoms with van der Waals surface area (Å²) in [5, 5.41) is 22.0. The number of hydrogen-bond acceptors (Lipinski definition) is 4. The number of hydrogen-bond donors (Lipinski definition) is 1. The Labute approximate surface area is 118 Å². The van der Waals surface area contributed by atoms with E-state index in [1.807, 2.05) is 0 Å². The molecule has 0 unspecified atom stereocenters. The Morgan fingerprint density at radius 2 is 1.90 bits per heavy atom. The lowest BCUT2D eigenvalue weighted by Gasteiger charge is -2.08. The molecule has 2 rings (SSSR count). The van der Waals surface area contributed by atoms with Crippen LogP contribution < -0.4 is 5.32 Å². The Kier molecular flexibility index (Phi) is 4.09. The molecule has 0 fully saturated rings. The molecule has 0 aliphatic heterocycles. The van der Waals surface area contributed by atoms with Gasteiger partial charge in [0.15, 0.2) is 0 Å². The summed E-state index contributed by atoms with van der Waals surface area (Å²) in [6, 6.07) is 8.74. The Morgan fingerprint density at radius 3 is 2.57 bits per heavy atom. The Morgan fingerprint density at radius 1 is 1.19 bits per heavy atom. The van der Waals surface area contributed by atoms with Crippen molar-refractivity contribution in [2.45, 2.75) is 6.54 Å². The number of nitrogens with zero attached hydrogens (tertiary/aromatic N) is 2. The molecule has 0 spiro atoms. The standard InChI is InChI=1S/C14H9F2N3O2/c15-12-3-1-9(5-10(12)7-17)8-18-14-6-11(19(20)21)2-4-13(14)16/h1-6,18H,8H2. The van der Waals surface area contributed by atoms with Crippen molar-refractivity contribution in [3.8, 4) is 6.07 Å². The van der Waals surface area contributed by atoms with Crippen LogP contribution in [0.2, 0.25) is 0 Å². The first kappa shape index (κ1) is 14.4. The second-order valence-corrected chi connectivity index (χ2v) is 4.20. The van der Waals surface area contributed by atoms with Crippen LogP contribution in [-0.2, 0) is 6.54 Å². The molecule has 0 atom stereocenters. The average Bonchev–Trinajstić information content (AvgIpc) is 2.47. The number of nitriles is 1. The van der Waals surface area contributed by atoms with Gasteiger partial charge in [-0.15, -0.1) is 0 Å². The van der Waals surface area contributed by atoms with Gasteiger partial charge in [-0.1, -0.05) is 6.07 Å². The number of nitro groups is 1. The molecule has 0 aromatic heterocycles. The first-order valence-corrected chi connectivity index (χ1v) is 5.87. The van der Waals surface area contributed by atoms with Crippen LogP contribution in [0.3, 0.4) is 0 Å². The van der Waals surface area contributed by atoms with Crippen molar-refractivity contribution >= 4 is 11.4 Å². The van der Waals surface area contributed by atoms with Crippen LogP contribution >= 0.6 is 0 Å². The molecule has 2 aromatic rings. The van der Waals surface area contributed by atoms with Gasteiger partial charge in [0.1, 0.15) is 17.7 Å². The molecular weight excluding hydrogens is 280 g/mol. The fourth-order valence-corrected chi connectivity index (χ4v) is 1.73. The highest BCUT2D eigenvalue weighted by Crippen LogP contribution is 2.22. The summed E-state index contributed by atoms with van der Waals surface area (Å²) >= 11 is 0. The quantitative estimate of drug-likeness (QED) is 0.691. The minimum Gasteiger partial charge on any atom is -0.378 e. The molecule has 0 bridgehead atoms. The van der Waals surface area contributed by atoms with E-state index >= 15 is 0 Å². The summed E-state index contributed by atoms with van der Waals surface area (Å²) in [4.78, 5) is 10.0. The monoisotopic (exact) mass is 289 g/mol. The first-order chi connectivity index (χ1) is 10.0. The Bertz CT molecular complexity index is 741. The summed E-state index contributed by atoms with van der Waals surface area (Å²) in [6.07, 6.45) is 0. The molecule has 21 heavy (non-hydrogen) atoms. The van der Waals surface area contributed by atoms with Crippen LogP contribution in [0.5, 0.6) is 0 Å². The predicted molar refractivity (Wildman–Crippen MR) is 71.5 cm³/mol. The number of non-ortho nitro benzene ring substituents is 1. The van der Waals surface area contributed by atoms with Crippen LogP contribution in [0, 0.1) is 33.1 Å². The maximum absolute atomic E-state index is 13.5. The fourth-order valence-electron chi connectivity index (χ4n) is 1.73. The van der Waals surface area contributed by atoms with E-state index in [9.17, 15) is 18.9 Å². The highest BCUT2D eigenvalue weighted by molar-refractivity contribution is 5.52. The molecule has 106 valence electrons. The minimum atomic E-state index is -0.636. The number of halogens is 2. The lowest BCUT2D eigenvalue weighted by molar-refractivity contribution is -0.384. The lowest BCUT2D eigenvalue weighted by Crippen LogP contribution is -2.03. The molecule has 2 aromatic carbocycles. The van der Waals surface area contributed by atoms with Gasteiger partial charge in [0.05, 0.1) is 16.2 Å². The van der Waals surface area contributed by atoms with Crippen molar-refractivity contribution in [3.05, 3.63) is 69.3 Å². The van der Waals surface area contributed by atoms with Gasteiger partial charge >= 0.3 is 0 Å². The van der Waals surface area contributed by atoms with Gasteiger partial charge in [-0.05, 0) is 23.8 Å². The van der Waals surface area contributed by atoms with Gasteiger partial charge in [-0.25, -0.2) is 8.78 Å². The predicted octanol–water partition coefficient (Wildman–Crippen LogP) is 3.36. The molecule has 5 nitrogen and oxygen atoms in total. The summed E-state index contributed by atoms with van der Waals surface area (Å²) in [7, 11) is 0. The zero-order valence-electron chi connectivity index (χ0n) is 10.6. The van der Waals surface area contributed by atoms with E-state index in [2.05, 4.69) is 5.32 Å². The maximum atomic E-state index is 13.5. The highest BCUT2D eigenvalue weighted by Gasteiger charge is 2.11. The Hall–Kier alpha value is -3.01. The molecule has 0 saturated carbocycles. The van der Waals surface area contributed by atoms with E-state index in [1.165, 1.54) is 12.1 Å². The number of nitro benzene ring substituents is 1. The SMILES string of the molecule is N#Cc1cc(CNc2cc([N+](=O)[O-])ccc2F)ccc1F. The van der Waals surface area contributed by atoms with E-state index in [0.29, 0.717) is 5.56 Å². The lowest BCUT2D eigenvalue weighted by atomic mass is 10.1. The minimum absolute atomic E-state index is 0.0352. The summed E-state index contributed by atoms with van der Waals surface area (Å²) in [6.45, 7) is 0.104. The maximum Gasteiger partial charge on any atom is 0.271 e. The molecule has 7 heteroatoms. The third kappa shape index (κ3) is 3.30. The highest BCUT2D eigenvalue weighted by atomic mass is 19.1. The van der Waals surface area contributed by atoms with E-state index < -0.39 is 16.6 Å². The number of anilines is 1. The topological polar surface area (TPSA) is 79.0 Å². The number of rotatable bonds is 4. The zero-order chi connectivity index (χ0) is 15.4. The summed E-state index contributed by atoms with van der Waals surface area (Å²) in [5.74, 6) is -1.27. The molecule has 0 amide bonds. The molecule has 1 N–H and O–H groups in total. The smallest absolute Gasteiger partial charge is 0.271 e. The average molecular weight is 289 g/mol. The summed E-state index contributed by atoms with van der Waals surface area (Å²) in [5.41, 5.74) is 0.162. The normalized spacial score (nSPS) is 9.95. The Balaban J connectivity index is 2.18. The molecule has 0 radical (unpaired) electrons. The van der Waals surface area contributed by atoms with Gasteiger partial charge < -0.3 is 5.32 Å². The van der Waals surface area contributed by atoms with Gasteiger partial charge in [0, 0.05) is 18.7 Å². The van der Waals surface area contributed by atoms with E-state index in [1.54, 1.807) is 6.07 Å². The first-order valence-electron chi connectivity index (χ1n) is 5.87. The van der Waals surface area contributed by atoms with Gasteiger partial charge in [0.25, 0.3) is 5.69 Å². The van der Waals surface area contributed by atoms with Crippen LogP contribution in [0.15, 0.2) is 36.4 Å². The van der Waals surface area contributed by atoms with E-state index in [4.69, 9.17) is 5.26 Å². The number of benzene rings is 2. The second-order valence-electron chi connectivity index (χ2n) is 4.20. The van der Waals surface area contributed by atoms with Gasteiger partial charge in [0.2, 0.25) is 0 Å². The molecule has 0 aliphatic carbocycles.